The van der Waals surface area contributed by atoms with E-state index in [1.165, 1.54) is 5.56 Å². The van der Waals surface area contributed by atoms with Crippen LogP contribution in [0.2, 0.25) is 5.02 Å². The third-order valence-corrected chi connectivity index (χ3v) is 3.29. The molecule has 1 fully saturated rings. The molecule has 4 heteroatoms. The Morgan fingerprint density at radius 2 is 2.38 bits per heavy atom. The van der Waals surface area contributed by atoms with Crippen LogP contribution >= 0.6 is 27.5 Å². The summed E-state index contributed by atoms with van der Waals surface area (Å²) in [5.74, 6) is 0. The van der Waals surface area contributed by atoms with E-state index in [2.05, 4.69) is 21.4 Å². The predicted molar refractivity (Wildman–Crippen MR) is 55.6 cm³/mol. The first-order valence-corrected chi connectivity index (χ1v) is 5.27. The lowest BCUT2D eigenvalue weighted by atomic mass is 10.1. The molecule has 1 N–H and O–H groups in total. The SMILES string of the molecule is Clc1ccc(C2CCON2)cc1Br. The summed E-state index contributed by atoms with van der Waals surface area (Å²) in [4.78, 5) is 5.08. The van der Waals surface area contributed by atoms with Gasteiger partial charge >= 0.3 is 0 Å². The van der Waals surface area contributed by atoms with Crippen molar-refractivity contribution in [3.63, 3.8) is 0 Å². The maximum Gasteiger partial charge on any atom is 0.0701 e. The molecule has 1 aliphatic heterocycles. The van der Waals surface area contributed by atoms with E-state index in [9.17, 15) is 0 Å². The van der Waals surface area contributed by atoms with Crippen molar-refractivity contribution in [2.75, 3.05) is 6.61 Å². The van der Waals surface area contributed by atoms with Crippen LogP contribution < -0.4 is 5.48 Å². The molecule has 1 aliphatic rings. The van der Waals surface area contributed by atoms with Crippen molar-refractivity contribution in [3.8, 4) is 0 Å². The molecule has 1 heterocycles. The molecule has 0 bridgehead atoms. The van der Waals surface area contributed by atoms with Crippen molar-refractivity contribution in [1.82, 2.24) is 5.48 Å². The Hall–Kier alpha value is -0.0900. The van der Waals surface area contributed by atoms with Crippen LogP contribution in [-0.2, 0) is 4.84 Å². The Kier molecular flexibility index (Phi) is 2.89. The summed E-state index contributed by atoms with van der Waals surface area (Å²) in [7, 11) is 0. The highest BCUT2D eigenvalue weighted by molar-refractivity contribution is 9.10. The standard InChI is InChI=1S/C9H9BrClNO/c10-7-5-6(1-2-8(7)11)9-3-4-13-12-9/h1-2,5,9,12H,3-4H2. The highest BCUT2D eigenvalue weighted by atomic mass is 79.9. The van der Waals surface area contributed by atoms with Crippen molar-refractivity contribution < 1.29 is 4.84 Å². The average Bonchev–Trinajstić information content (AvgIpc) is 2.62. The van der Waals surface area contributed by atoms with Gasteiger partial charge < -0.3 is 4.84 Å². The molecule has 0 spiro atoms. The maximum atomic E-state index is 5.89. The van der Waals surface area contributed by atoms with Crippen molar-refractivity contribution in [3.05, 3.63) is 33.3 Å². The minimum atomic E-state index is 0.300. The molecule has 1 aromatic carbocycles. The summed E-state index contributed by atoms with van der Waals surface area (Å²) in [6, 6.07) is 6.23. The first kappa shape index (κ1) is 9.46. The van der Waals surface area contributed by atoms with Gasteiger partial charge in [-0.25, -0.2) is 0 Å². The smallest absolute Gasteiger partial charge is 0.0701 e. The second-order valence-electron chi connectivity index (χ2n) is 2.98. The molecule has 0 amide bonds. The minimum Gasteiger partial charge on any atom is -0.301 e. The number of halogens is 2. The van der Waals surface area contributed by atoms with Crippen LogP contribution in [0.5, 0.6) is 0 Å². The van der Waals surface area contributed by atoms with E-state index in [0.29, 0.717) is 6.04 Å². The molecular formula is C9H9BrClNO. The number of benzene rings is 1. The fourth-order valence-corrected chi connectivity index (χ4v) is 1.87. The number of rotatable bonds is 1. The van der Waals surface area contributed by atoms with Gasteiger partial charge in [-0.1, -0.05) is 17.7 Å². The lowest BCUT2D eigenvalue weighted by Gasteiger charge is -2.09. The summed E-state index contributed by atoms with van der Waals surface area (Å²) >= 11 is 9.28. The number of hydrogen-bond donors (Lipinski definition) is 1. The van der Waals surface area contributed by atoms with Gasteiger partial charge in [0.05, 0.1) is 17.7 Å². The lowest BCUT2D eigenvalue weighted by Crippen LogP contribution is -2.11. The van der Waals surface area contributed by atoms with Gasteiger partial charge in [-0.05, 0) is 40.0 Å². The predicted octanol–water partition coefficient (Wildman–Crippen LogP) is 3.07. The van der Waals surface area contributed by atoms with E-state index in [4.69, 9.17) is 16.4 Å². The Morgan fingerprint density at radius 3 is 3.00 bits per heavy atom. The topological polar surface area (TPSA) is 21.3 Å². The normalized spacial score (nSPS) is 22.2. The number of nitrogens with one attached hydrogen (secondary N) is 1. The van der Waals surface area contributed by atoms with Gasteiger partial charge in [-0.15, -0.1) is 0 Å². The number of hydrogen-bond acceptors (Lipinski definition) is 2. The Morgan fingerprint density at radius 1 is 1.54 bits per heavy atom. The Bertz CT molecular complexity index is 312. The van der Waals surface area contributed by atoms with Crippen molar-refractivity contribution in [1.29, 1.82) is 0 Å². The summed E-state index contributed by atoms with van der Waals surface area (Å²) in [5.41, 5.74) is 4.16. The molecule has 0 radical (unpaired) electrons. The molecule has 0 aromatic heterocycles. The average molecular weight is 263 g/mol. The van der Waals surface area contributed by atoms with Gasteiger partial charge in [0.2, 0.25) is 0 Å². The minimum absolute atomic E-state index is 0.300. The third-order valence-electron chi connectivity index (χ3n) is 2.08. The van der Waals surface area contributed by atoms with Crippen molar-refractivity contribution in [2.24, 2.45) is 0 Å². The quantitative estimate of drug-likeness (QED) is 0.840. The first-order chi connectivity index (χ1) is 6.27. The summed E-state index contributed by atoms with van der Waals surface area (Å²) in [6.45, 7) is 0.769. The van der Waals surface area contributed by atoms with E-state index in [-0.39, 0.29) is 0 Å². The fourth-order valence-electron chi connectivity index (χ4n) is 1.36. The first-order valence-electron chi connectivity index (χ1n) is 4.09. The van der Waals surface area contributed by atoms with Crippen LogP contribution in [-0.4, -0.2) is 6.61 Å². The molecule has 1 unspecified atom stereocenters. The Labute approximate surface area is 90.3 Å². The summed E-state index contributed by atoms with van der Waals surface area (Å²) < 4.78 is 0.931. The fraction of sp³-hybridized carbons (Fsp3) is 0.333. The monoisotopic (exact) mass is 261 g/mol. The third kappa shape index (κ3) is 2.05. The van der Waals surface area contributed by atoms with Crippen LogP contribution in [0, 0.1) is 0 Å². The van der Waals surface area contributed by atoms with Gasteiger partial charge in [-0.2, -0.15) is 5.48 Å². The molecule has 1 aromatic rings. The zero-order valence-corrected chi connectivity index (χ0v) is 9.23. The van der Waals surface area contributed by atoms with E-state index < -0.39 is 0 Å². The van der Waals surface area contributed by atoms with Crippen LogP contribution in [0.25, 0.3) is 0 Å². The molecule has 13 heavy (non-hydrogen) atoms. The van der Waals surface area contributed by atoms with Crippen LogP contribution in [0.3, 0.4) is 0 Å². The zero-order chi connectivity index (χ0) is 9.26. The van der Waals surface area contributed by atoms with Crippen molar-refractivity contribution in [2.45, 2.75) is 12.5 Å². The summed E-state index contributed by atoms with van der Waals surface area (Å²) in [6.07, 6.45) is 1.01. The highest BCUT2D eigenvalue weighted by Crippen LogP contribution is 2.28. The molecule has 0 saturated carbocycles. The molecular weight excluding hydrogens is 253 g/mol. The van der Waals surface area contributed by atoms with Gasteiger partial charge in [0.1, 0.15) is 0 Å². The van der Waals surface area contributed by atoms with E-state index in [1.54, 1.807) is 0 Å². The maximum absolute atomic E-state index is 5.89. The highest BCUT2D eigenvalue weighted by Gasteiger charge is 2.17. The largest absolute Gasteiger partial charge is 0.301 e. The molecule has 1 atom stereocenters. The zero-order valence-electron chi connectivity index (χ0n) is 6.89. The van der Waals surface area contributed by atoms with Crippen LogP contribution in [0.15, 0.2) is 22.7 Å². The second kappa shape index (κ2) is 3.96. The van der Waals surface area contributed by atoms with E-state index >= 15 is 0 Å². The molecule has 70 valence electrons. The van der Waals surface area contributed by atoms with E-state index in [0.717, 1.165) is 22.5 Å². The van der Waals surface area contributed by atoms with Gasteiger partial charge in [0.25, 0.3) is 0 Å². The van der Waals surface area contributed by atoms with Crippen LogP contribution in [0.4, 0.5) is 0 Å². The van der Waals surface area contributed by atoms with Crippen LogP contribution in [0.1, 0.15) is 18.0 Å². The molecule has 1 saturated heterocycles. The summed E-state index contributed by atoms with van der Waals surface area (Å²) in [5, 5.41) is 0.739. The molecule has 2 rings (SSSR count). The number of hydroxylamine groups is 1. The van der Waals surface area contributed by atoms with Gasteiger partial charge in [0, 0.05) is 4.47 Å². The second-order valence-corrected chi connectivity index (χ2v) is 4.24. The Balaban J connectivity index is 2.25. The van der Waals surface area contributed by atoms with Gasteiger partial charge in [-0.3, -0.25) is 0 Å². The van der Waals surface area contributed by atoms with E-state index in [1.807, 2.05) is 18.2 Å². The lowest BCUT2D eigenvalue weighted by molar-refractivity contribution is 0.0883. The molecule has 0 aliphatic carbocycles. The van der Waals surface area contributed by atoms with Crippen molar-refractivity contribution >= 4 is 27.5 Å². The van der Waals surface area contributed by atoms with Gasteiger partial charge in [0.15, 0.2) is 0 Å². The molecule has 2 nitrogen and oxygen atoms in total.